The number of rotatable bonds is 15. The normalized spacial score (nSPS) is 25.8. The molecule has 1 aromatic carbocycles. The summed E-state index contributed by atoms with van der Waals surface area (Å²) in [6.07, 6.45) is 27.0. The maximum Gasteiger partial charge on any atom is 0.119 e. The van der Waals surface area contributed by atoms with Gasteiger partial charge in [-0.05, 0) is 67.1 Å². The first-order chi connectivity index (χ1) is 16.3. The zero-order valence-electron chi connectivity index (χ0n) is 22.2. The van der Waals surface area contributed by atoms with E-state index in [0.29, 0.717) is 0 Å². The van der Waals surface area contributed by atoms with E-state index in [9.17, 15) is 0 Å². The molecule has 0 N–H and O–H groups in total. The fraction of sp³-hybridized carbons (Fsp3) is 0.812. The number of benzene rings is 1. The van der Waals surface area contributed by atoms with Crippen LogP contribution in [0.2, 0.25) is 0 Å². The minimum Gasteiger partial charge on any atom is -0.494 e. The molecule has 0 heterocycles. The Morgan fingerprint density at radius 2 is 1.15 bits per heavy atom. The molecule has 2 saturated carbocycles. The van der Waals surface area contributed by atoms with E-state index in [2.05, 4.69) is 38.1 Å². The molecule has 0 radical (unpaired) electrons. The highest BCUT2D eigenvalue weighted by Crippen LogP contribution is 2.35. The lowest BCUT2D eigenvalue weighted by Crippen LogP contribution is -2.15. The van der Waals surface area contributed by atoms with Crippen molar-refractivity contribution in [2.45, 2.75) is 136 Å². The molecule has 0 bridgehead atoms. The summed E-state index contributed by atoms with van der Waals surface area (Å²) in [4.78, 5) is 0. The van der Waals surface area contributed by atoms with Gasteiger partial charge in [-0.15, -0.1) is 0 Å². The fourth-order valence-corrected chi connectivity index (χ4v) is 6.46. The summed E-state index contributed by atoms with van der Waals surface area (Å²) in [6.45, 7) is 5.55. The third kappa shape index (κ3) is 10.4. The zero-order valence-corrected chi connectivity index (χ0v) is 22.2. The third-order valence-corrected chi connectivity index (χ3v) is 9.02. The first kappa shape index (κ1) is 26.6. The van der Waals surface area contributed by atoms with Gasteiger partial charge < -0.3 is 4.74 Å². The molecule has 0 atom stereocenters. The van der Waals surface area contributed by atoms with Gasteiger partial charge in [-0.3, -0.25) is 0 Å². The van der Waals surface area contributed by atoms with Crippen LogP contribution in [0.25, 0.3) is 0 Å². The van der Waals surface area contributed by atoms with Crippen molar-refractivity contribution < 1.29 is 4.74 Å². The van der Waals surface area contributed by atoms with E-state index in [4.69, 9.17) is 4.74 Å². The molecular formula is C32H54O. The van der Waals surface area contributed by atoms with Crippen LogP contribution < -0.4 is 4.74 Å². The largest absolute Gasteiger partial charge is 0.494 e. The molecular weight excluding hydrogens is 400 g/mol. The monoisotopic (exact) mass is 454 g/mol. The molecule has 188 valence electrons. The van der Waals surface area contributed by atoms with Crippen molar-refractivity contribution in [2.24, 2.45) is 23.7 Å². The number of hydrogen-bond donors (Lipinski definition) is 0. The van der Waals surface area contributed by atoms with Crippen LogP contribution in [0.3, 0.4) is 0 Å². The zero-order chi connectivity index (χ0) is 23.1. The average Bonchev–Trinajstić information content (AvgIpc) is 2.87. The Hall–Kier alpha value is -0.980. The maximum absolute atomic E-state index is 6.05. The lowest BCUT2D eigenvalue weighted by Gasteiger charge is -2.28. The summed E-state index contributed by atoms with van der Waals surface area (Å²) in [5.74, 6) is 5.03. The SMILES string of the molecule is CCCCCCC[C@H]1CC[C@H](CCc2ccc(OCCC[C@H]3CC[C@H](CC)CC3)cc2)CC1. The van der Waals surface area contributed by atoms with Crippen LogP contribution in [-0.2, 0) is 6.42 Å². The van der Waals surface area contributed by atoms with Gasteiger partial charge in [0.25, 0.3) is 0 Å². The van der Waals surface area contributed by atoms with E-state index < -0.39 is 0 Å². The molecule has 2 fully saturated rings. The standard InChI is InChI=1S/C32H54O/c1-3-5-6-7-8-10-28-16-18-30(19-17-28)20-21-31-22-24-32(25-23-31)33-26-9-11-29-14-12-27(4-2)13-15-29/h22-25,27-30H,3-21,26H2,1-2H3/t27-,28-,29-,30-. The fourth-order valence-electron chi connectivity index (χ4n) is 6.46. The van der Waals surface area contributed by atoms with E-state index in [1.165, 1.54) is 128 Å². The minimum atomic E-state index is 0.884. The number of aryl methyl sites for hydroxylation is 1. The highest BCUT2D eigenvalue weighted by Gasteiger charge is 2.21. The molecule has 0 aliphatic heterocycles. The predicted octanol–water partition coefficient (Wildman–Crippen LogP) is 10.2. The number of ether oxygens (including phenoxy) is 1. The second kappa shape index (κ2) is 15.8. The topological polar surface area (TPSA) is 9.23 Å². The van der Waals surface area contributed by atoms with E-state index in [1.807, 2.05) is 0 Å². The molecule has 1 aromatic rings. The Morgan fingerprint density at radius 1 is 0.606 bits per heavy atom. The van der Waals surface area contributed by atoms with Crippen molar-refractivity contribution in [2.75, 3.05) is 6.61 Å². The first-order valence-electron chi connectivity index (χ1n) is 15.0. The van der Waals surface area contributed by atoms with Gasteiger partial charge >= 0.3 is 0 Å². The maximum atomic E-state index is 6.05. The molecule has 0 saturated heterocycles. The smallest absolute Gasteiger partial charge is 0.119 e. The van der Waals surface area contributed by atoms with Gasteiger partial charge in [0.15, 0.2) is 0 Å². The van der Waals surface area contributed by atoms with Gasteiger partial charge in [0.05, 0.1) is 6.61 Å². The van der Waals surface area contributed by atoms with Gasteiger partial charge in [0, 0.05) is 0 Å². The predicted molar refractivity (Wildman–Crippen MR) is 144 cm³/mol. The summed E-state index contributed by atoms with van der Waals surface area (Å²) in [7, 11) is 0. The van der Waals surface area contributed by atoms with Crippen molar-refractivity contribution in [3.8, 4) is 5.75 Å². The summed E-state index contributed by atoms with van der Waals surface area (Å²) in [5, 5.41) is 0. The van der Waals surface area contributed by atoms with Gasteiger partial charge in [-0.25, -0.2) is 0 Å². The molecule has 0 spiro atoms. The molecule has 0 aromatic heterocycles. The van der Waals surface area contributed by atoms with Crippen LogP contribution in [0.15, 0.2) is 24.3 Å². The van der Waals surface area contributed by atoms with Crippen LogP contribution >= 0.6 is 0 Å². The molecule has 3 rings (SSSR count). The Bertz CT molecular complexity index is 589. The van der Waals surface area contributed by atoms with E-state index in [-0.39, 0.29) is 0 Å². The highest BCUT2D eigenvalue weighted by molar-refractivity contribution is 5.27. The number of hydrogen-bond acceptors (Lipinski definition) is 1. The Balaban J connectivity index is 1.22. The summed E-state index contributed by atoms with van der Waals surface area (Å²) in [5.41, 5.74) is 1.49. The molecule has 1 nitrogen and oxygen atoms in total. The average molecular weight is 455 g/mol. The highest BCUT2D eigenvalue weighted by atomic mass is 16.5. The quantitative estimate of drug-likeness (QED) is 0.239. The molecule has 0 amide bonds. The minimum absolute atomic E-state index is 0.884. The van der Waals surface area contributed by atoms with Gasteiger partial charge in [0.2, 0.25) is 0 Å². The van der Waals surface area contributed by atoms with Crippen molar-refractivity contribution in [3.05, 3.63) is 29.8 Å². The summed E-state index contributed by atoms with van der Waals surface area (Å²) in [6, 6.07) is 9.03. The van der Waals surface area contributed by atoms with Crippen LogP contribution in [0.1, 0.15) is 135 Å². The second-order valence-electron chi connectivity index (χ2n) is 11.6. The van der Waals surface area contributed by atoms with Crippen LogP contribution in [0.4, 0.5) is 0 Å². The molecule has 0 unspecified atom stereocenters. The van der Waals surface area contributed by atoms with Gasteiger partial charge in [-0.2, -0.15) is 0 Å². The lowest BCUT2D eigenvalue weighted by molar-refractivity contribution is 0.234. The van der Waals surface area contributed by atoms with Gasteiger partial charge in [0.1, 0.15) is 5.75 Å². The molecule has 33 heavy (non-hydrogen) atoms. The van der Waals surface area contributed by atoms with E-state index in [1.54, 1.807) is 0 Å². The Labute approximate surface area is 206 Å². The third-order valence-electron chi connectivity index (χ3n) is 9.02. The molecule has 2 aliphatic carbocycles. The van der Waals surface area contributed by atoms with Crippen molar-refractivity contribution >= 4 is 0 Å². The summed E-state index contributed by atoms with van der Waals surface area (Å²) < 4.78 is 6.05. The van der Waals surface area contributed by atoms with Crippen molar-refractivity contribution in [1.29, 1.82) is 0 Å². The number of unbranched alkanes of at least 4 members (excludes halogenated alkanes) is 4. The van der Waals surface area contributed by atoms with Crippen molar-refractivity contribution in [3.63, 3.8) is 0 Å². The van der Waals surface area contributed by atoms with E-state index >= 15 is 0 Å². The molecule has 1 heteroatoms. The van der Waals surface area contributed by atoms with Crippen LogP contribution in [-0.4, -0.2) is 6.61 Å². The Morgan fingerprint density at radius 3 is 1.76 bits per heavy atom. The first-order valence-corrected chi connectivity index (χ1v) is 15.0. The van der Waals surface area contributed by atoms with Crippen molar-refractivity contribution in [1.82, 2.24) is 0 Å². The molecule has 2 aliphatic rings. The second-order valence-corrected chi connectivity index (χ2v) is 11.6. The van der Waals surface area contributed by atoms with Gasteiger partial charge in [-0.1, -0.05) is 122 Å². The van der Waals surface area contributed by atoms with Crippen LogP contribution in [0, 0.1) is 23.7 Å². The lowest BCUT2D eigenvalue weighted by atomic mass is 9.78. The van der Waals surface area contributed by atoms with E-state index in [0.717, 1.165) is 36.0 Å². The Kier molecular flexibility index (Phi) is 12.8. The van der Waals surface area contributed by atoms with Crippen LogP contribution in [0.5, 0.6) is 5.75 Å². The summed E-state index contributed by atoms with van der Waals surface area (Å²) >= 11 is 0.